The summed E-state index contributed by atoms with van der Waals surface area (Å²) in [6.07, 6.45) is -5.71. The molecule has 2 amide bonds. The molecule has 1 aliphatic rings. The number of hydrogen-bond acceptors (Lipinski definition) is 5. The first-order valence-corrected chi connectivity index (χ1v) is 9.57. The Morgan fingerprint density at radius 3 is 2.55 bits per heavy atom. The van der Waals surface area contributed by atoms with Crippen LogP contribution in [0.2, 0.25) is 0 Å². The number of nitrogens with one attached hydrogen (secondary N) is 1. The molecule has 0 radical (unpaired) electrons. The van der Waals surface area contributed by atoms with Gasteiger partial charge in [-0.3, -0.25) is 14.6 Å². The van der Waals surface area contributed by atoms with Crippen LogP contribution in [-0.4, -0.2) is 41.8 Å². The Balaban J connectivity index is 2.11. The second-order valence-corrected chi connectivity index (χ2v) is 7.63. The van der Waals surface area contributed by atoms with Gasteiger partial charge in [0.15, 0.2) is 17.2 Å². The molecule has 0 aliphatic carbocycles. The van der Waals surface area contributed by atoms with Crippen LogP contribution in [0.5, 0.6) is 5.75 Å². The first-order valence-electron chi connectivity index (χ1n) is 10.1. The molecule has 1 aromatic carbocycles. The maximum atomic E-state index is 14.4. The lowest BCUT2D eigenvalue weighted by atomic mass is 9.77. The van der Waals surface area contributed by atoms with Gasteiger partial charge in [0.1, 0.15) is 11.8 Å². The molecular formula is C21H20F5N3O4. The third-order valence-electron chi connectivity index (χ3n) is 5.76. The predicted octanol–water partition coefficient (Wildman–Crippen LogP) is 3.55. The largest absolute Gasteiger partial charge is 0.493 e. The molecule has 7 nitrogen and oxygen atoms in total. The number of ether oxygens (including phenoxy) is 2. The standard InChI is InChI=1S/C21H20F5N3O4/c1-9-14(11-4-5-12(22)15(23)16(11)32-3)17(33-20(9,2)21(24,25)26)19(31)29-10-6-7-28-13(8-10)18(27)30/h4-9,14,17H,1-3H3,(H2,27,30)(H,28,29,31)/t9-,14-,17-,20-/m0/s1/i8D. The average Bonchev–Trinajstić information content (AvgIpc) is 3.03. The van der Waals surface area contributed by atoms with E-state index in [4.69, 9.17) is 16.6 Å². The quantitative estimate of drug-likeness (QED) is 0.646. The van der Waals surface area contributed by atoms with Gasteiger partial charge in [-0.2, -0.15) is 17.6 Å². The Hall–Kier alpha value is -3.28. The summed E-state index contributed by atoms with van der Waals surface area (Å²) in [5.41, 5.74) is 1.35. The van der Waals surface area contributed by atoms with Gasteiger partial charge in [-0.1, -0.05) is 13.0 Å². The lowest BCUT2D eigenvalue weighted by Gasteiger charge is -2.32. The average molecular weight is 474 g/mol. The SMILES string of the molecule is [2H]c1c(NC(=O)[C@H]2O[C@](C)(C(F)(F)F)[C@@H](C)[C@H]2c2ccc(F)c(F)c2OC)ccnc1C(N)=O. The first-order chi connectivity index (χ1) is 15.7. The summed E-state index contributed by atoms with van der Waals surface area (Å²) in [5, 5.41) is 2.25. The lowest BCUT2D eigenvalue weighted by molar-refractivity contribution is -0.272. The van der Waals surface area contributed by atoms with E-state index in [1.165, 1.54) is 6.92 Å². The predicted molar refractivity (Wildman–Crippen MR) is 106 cm³/mol. The Morgan fingerprint density at radius 1 is 1.30 bits per heavy atom. The number of rotatable bonds is 5. The fourth-order valence-corrected chi connectivity index (χ4v) is 3.83. The number of carbonyl (C=O) groups excluding carboxylic acids is 2. The number of nitrogens with two attached hydrogens (primary N) is 1. The molecule has 12 heteroatoms. The number of aromatic nitrogens is 1. The van der Waals surface area contributed by atoms with Crippen molar-refractivity contribution in [2.24, 2.45) is 11.7 Å². The smallest absolute Gasteiger partial charge is 0.417 e. The van der Waals surface area contributed by atoms with Crippen molar-refractivity contribution in [3.63, 3.8) is 0 Å². The van der Waals surface area contributed by atoms with Crippen LogP contribution >= 0.6 is 0 Å². The highest BCUT2D eigenvalue weighted by atomic mass is 19.4. The van der Waals surface area contributed by atoms with E-state index < -0.39 is 70.7 Å². The van der Waals surface area contributed by atoms with Gasteiger partial charge in [-0.05, 0) is 25.1 Å². The first kappa shape index (κ1) is 22.9. The van der Waals surface area contributed by atoms with Gasteiger partial charge >= 0.3 is 6.18 Å². The van der Waals surface area contributed by atoms with Crippen molar-refractivity contribution in [1.29, 1.82) is 0 Å². The Kier molecular flexibility index (Phi) is 5.95. The lowest BCUT2D eigenvalue weighted by Crippen LogP contribution is -2.47. The second kappa shape index (κ2) is 8.58. The second-order valence-electron chi connectivity index (χ2n) is 7.63. The minimum Gasteiger partial charge on any atom is -0.493 e. The molecule has 1 aliphatic heterocycles. The van der Waals surface area contributed by atoms with Crippen LogP contribution in [0, 0.1) is 17.6 Å². The molecule has 33 heavy (non-hydrogen) atoms. The maximum absolute atomic E-state index is 14.4. The molecule has 178 valence electrons. The van der Waals surface area contributed by atoms with Crippen molar-refractivity contribution in [3.05, 3.63) is 53.3 Å². The molecule has 2 aromatic rings. The zero-order chi connectivity index (χ0) is 25.6. The number of halogens is 5. The van der Waals surface area contributed by atoms with Crippen LogP contribution in [-0.2, 0) is 9.53 Å². The van der Waals surface area contributed by atoms with Gasteiger partial charge in [0.05, 0.1) is 8.48 Å². The topological polar surface area (TPSA) is 104 Å². The number of primary amides is 1. The molecule has 0 saturated carbocycles. The van der Waals surface area contributed by atoms with Crippen molar-refractivity contribution < 1.29 is 42.4 Å². The maximum Gasteiger partial charge on any atom is 0.417 e. The van der Waals surface area contributed by atoms with Gasteiger partial charge in [0.25, 0.3) is 11.8 Å². The molecule has 0 unspecified atom stereocenters. The highest BCUT2D eigenvalue weighted by molar-refractivity contribution is 5.97. The number of amides is 2. The number of benzene rings is 1. The molecular weight excluding hydrogens is 453 g/mol. The number of pyridine rings is 1. The van der Waals surface area contributed by atoms with E-state index in [9.17, 15) is 31.5 Å². The van der Waals surface area contributed by atoms with Crippen molar-refractivity contribution in [1.82, 2.24) is 4.98 Å². The Labute approximate surface area is 186 Å². The van der Waals surface area contributed by atoms with Crippen LogP contribution < -0.4 is 15.8 Å². The number of anilines is 1. The van der Waals surface area contributed by atoms with Crippen LogP contribution in [0.3, 0.4) is 0 Å². The fraction of sp³-hybridized carbons (Fsp3) is 0.381. The molecule has 3 rings (SSSR count). The molecule has 0 bridgehead atoms. The third kappa shape index (κ3) is 4.22. The molecule has 1 saturated heterocycles. The Bertz CT molecular complexity index is 1150. The minimum atomic E-state index is -4.93. The number of nitrogens with zero attached hydrogens (tertiary/aromatic N) is 1. The minimum absolute atomic E-state index is 0.208. The summed E-state index contributed by atoms with van der Waals surface area (Å²) in [7, 11) is 1.01. The zero-order valence-electron chi connectivity index (χ0n) is 18.6. The van der Waals surface area contributed by atoms with Gasteiger partial charge in [0.2, 0.25) is 5.82 Å². The number of alkyl halides is 3. The van der Waals surface area contributed by atoms with Crippen LogP contribution in [0.15, 0.2) is 30.4 Å². The zero-order valence-corrected chi connectivity index (χ0v) is 17.6. The Morgan fingerprint density at radius 2 is 1.97 bits per heavy atom. The molecule has 2 heterocycles. The highest BCUT2D eigenvalue weighted by Crippen LogP contribution is 2.55. The van der Waals surface area contributed by atoms with Crippen molar-refractivity contribution in [2.45, 2.75) is 37.6 Å². The van der Waals surface area contributed by atoms with E-state index >= 15 is 0 Å². The highest BCUT2D eigenvalue weighted by Gasteiger charge is 2.65. The molecule has 4 atom stereocenters. The van der Waals surface area contributed by atoms with E-state index in [0.29, 0.717) is 6.07 Å². The molecule has 1 fully saturated rings. The van der Waals surface area contributed by atoms with E-state index in [0.717, 1.165) is 32.4 Å². The van der Waals surface area contributed by atoms with Crippen LogP contribution in [0.4, 0.5) is 27.6 Å². The van der Waals surface area contributed by atoms with E-state index in [-0.39, 0.29) is 11.3 Å². The van der Waals surface area contributed by atoms with Gasteiger partial charge in [-0.25, -0.2) is 4.39 Å². The fourth-order valence-electron chi connectivity index (χ4n) is 3.83. The van der Waals surface area contributed by atoms with E-state index in [1.807, 2.05) is 0 Å². The number of methoxy groups -OCH3 is 1. The number of carbonyl (C=O) groups is 2. The molecule has 0 spiro atoms. The van der Waals surface area contributed by atoms with Gasteiger partial charge in [0, 0.05) is 29.3 Å². The third-order valence-corrected chi connectivity index (χ3v) is 5.76. The van der Waals surface area contributed by atoms with Crippen molar-refractivity contribution in [3.8, 4) is 5.75 Å². The van der Waals surface area contributed by atoms with Crippen LogP contribution in [0.1, 0.15) is 37.2 Å². The molecule has 3 N–H and O–H groups in total. The summed E-state index contributed by atoms with van der Waals surface area (Å²) in [4.78, 5) is 28.2. The summed E-state index contributed by atoms with van der Waals surface area (Å²) in [6.45, 7) is 1.91. The van der Waals surface area contributed by atoms with Crippen molar-refractivity contribution >= 4 is 17.5 Å². The monoisotopic (exact) mass is 474 g/mol. The number of hydrogen-bond donors (Lipinski definition) is 2. The van der Waals surface area contributed by atoms with E-state index in [1.54, 1.807) is 0 Å². The summed E-state index contributed by atoms with van der Waals surface area (Å²) < 4.78 is 88.2. The summed E-state index contributed by atoms with van der Waals surface area (Å²) in [6, 6.07) is 2.32. The normalized spacial score (nSPS) is 25.5. The van der Waals surface area contributed by atoms with Crippen LogP contribution in [0.25, 0.3) is 0 Å². The van der Waals surface area contributed by atoms with Gasteiger partial charge in [-0.15, -0.1) is 0 Å². The van der Waals surface area contributed by atoms with Crippen molar-refractivity contribution in [2.75, 3.05) is 12.4 Å². The van der Waals surface area contributed by atoms with E-state index in [2.05, 4.69) is 10.3 Å². The van der Waals surface area contributed by atoms with Gasteiger partial charge < -0.3 is 20.5 Å². The summed E-state index contributed by atoms with van der Waals surface area (Å²) >= 11 is 0. The molecule has 1 aromatic heterocycles. The summed E-state index contributed by atoms with van der Waals surface area (Å²) in [5.74, 6) is -8.43.